The standard InChI is InChI=1S/C48H65N11O15S2/c1-4-36(63)50-19-17-37(64)51-22-38(65)54-33(20-28-10-6-5-7-11-28)44(69)56-34-24-75-76-25-35(46(71)59-41(27(3)61)48(73)74)57-47(72)40(26(2)60)58-43(68)31(12-8-9-18-49)53-39(66)23-52-42(67)32(55-45(34)70)21-29-13-15-30(62)16-14-29/h1,5-7,10-11,13-16,26-27,31-35,40-41,60-62H,8-9,12,17-25,49H2,2-3H3,(H,50,63)(H,51,64)(H,52,67)(H,53,66)(H,54,65)(H,55,70)(H,56,69)(H,57,72)(H,58,68)(H,59,71)(H,73,74)/t26-,27+,31+,32?,33-,34?,35-,40?,41-/m1/s1. The summed E-state index contributed by atoms with van der Waals surface area (Å²) in [6.07, 6.45) is 1.83. The molecule has 1 aliphatic heterocycles. The summed E-state index contributed by atoms with van der Waals surface area (Å²) in [5.74, 6) is -9.83. The van der Waals surface area contributed by atoms with Crippen LogP contribution in [-0.4, -0.2) is 178 Å². The van der Waals surface area contributed by atoms with Crippen molar-refractivity contribution in [2.45, 2.75) is 107 Å². The van der Waals surface area contributed by atoms with E-state index < -0.39 is 138 Å². The molecule has 1 saturated heterocycles. The number of carboxylic acid groups (broad SMARTS) is 1. The number of nitrogens with two attached hydrogens (primary N) is 1. The molecule has 76 heavy (non-hydrogen) atoms. The van der Waals surface area contributed by atoms with E-state index in [0.29, 0.717) is 24.0 Å². The molecule has 3 rings (SSSR count). The molecule has 1 heterocycles. The van der Waals surface area contributed by atoms with Crippen LogP contribution in [0.5, 0.6) is 5.75 Å². The molecule has 28 heteroatoms. The molecule has 2 aromatic rings. The molecule has 0 saturated carbocycles. The minimum absolute atomic E-state index is 0.0268. The zero-order chi connectivity index (χ0) is 56.3. The van der Waals surface area contributed by atoms with Crippen LogP contribution in [0.2, 0.25) is 0 Å². The second-order valence-corrected chi connectivity index (χ2v) is 19.8. The smallest absolute Gasteiger partial charge is 0.328 e. The second kappa shape index (κ2) is 32.8. The summed E-state index contributed by atoms with van der Waals surface area (Å²) in [6.45, 7) is 0.983. The Labute approximate surface area is 445 Å². The number of phenols is 1. The maximum Gasteiger partial charge on any atom is 0.328 e. The van der Waals surface area contributed by atoms with Crippen LogP contribution in [0.15, 0.2) is 54.6 Å². The first-order valence-corrected chi connectivity index (χ1v) is 26.4. The Morgan fingerprint density at radius 3 is 2.11 bits per heavy atom. The molecule has 9 atom stereocenters. The number of carbonyl (C=O) groups is 11. The van der Waals surface area contributed by atoms with Gasteiger partial charge in [0.05, 0.1) is 25.3 Å². The largest absolute Gasteiger partial charge is 0.508 e. The van der Waals surface area contributed by atoms with Gasteiger partial charge in [0.2, 0.25) is 53.2 Å². The van der Waals surface area contributed by atoms with Gasteiger partial charge in [0.15, 0.2) is 6.04 Å². The SMILES string of the molecule is C#CC(=O)NCCC(=O)NCC(=O)N[C@H](Cc1ccccc1)C(=O)NC1CSSC[C@H](C(=O)N[C@@H](C(=O)O)[C@H](C)O)NC(=O)C([C@@H](C)O)NC(=O)[C@H](CCCCN)NC(=O)CNC(=O)C(Cc2ccc(O)cc2)NC1=O. The summed E-state index contributed by atoms with van der Waals surface area (Å²) in [7, 11) is 1.68. The fourth-order valence-electron chi connectivity index (χ4n) is 6.99. The van der Waals surface area contributed by atoms with Gasteiger partial charge < -0.3 is 79.3 Å². The molecule has 0 aromatic heterocycles. The molecule has 2 aromatic carbocycles. The van der Waals surface area contributed by atoms with E-state index in [2.05, 4.69) is 53.2 Å². The highest BCUT2D eigenvalue weighted by Crippen LogP contribution is 2.24. The van der Waals surface area contributed by atoms with Crippen LogP contribution in [0.3, 0.4) is 0 Å². The summed E-state index contributed by atoms with van der Waals surface area (Å²) in [5.41, 5.74) is 6.64. The van der Waals surface area contributed by atoms with Crippen molar-refractivity contribution in [3.05, 3.63) is 65.7 Å². The number of aliphatic hydroxyl groups is 2. The average molecular weight is 1100 g/mol. The summed E-state index contributed by atoms with van der Waals surface area (Å²) in [4.78, 5) is 147. The number of aliphatic hydroxyl groups excluding tert-OH is 2. The van der Waals surface area contributed by atoms with Crippen LogP contribution < -0.4 is 58.9 Å². The van der Waals surface area contributed by atoms with Gasteiger partial charge in [0.25, 0.3) is 5.91 Å². The summed E-state index contributed by atoms with van der Waals surface area (Å²) < 4.78 is 0. The van der Waals surface area contributed by atoms with E-state index in [1.807, 2.05) is 5.92 Å². The second-order valence-electron chi connectivity index (χ2n) is 17.3. The molecule has 1 aliphatic rings. The fourth-order valence-corrected chi connectivity index (χ4v) is 9.32. The predicted octanol–water partition coefficient (Wildman–Crippen LogP) is -4.69. The van der Waals surface area contributed by atoms with Crippen LogP contribution in [0.25, 0.3) is 0 Å². The van der Waals surface area contributed by atoms with Gasteiger partial charge in [-0.15, -0.1) is 6.42 Å². The Morgan fingerprint density at radius 2 is 1.47 bits per heavy atom. The Balaban J connectivity index is 2.08. The first-order chi connectivity index (χ1) is 36.1. The third kappa shape index (κ3) is 22.6. The predicted molar refractivity (Wildman–Crippen MR) is 277 cm³/mol. The Kier molecular flexibility index (Phi) is 27.1. The average Bonchev–Trinajstić information content (AvgIpc) is 3.37. The van der Waals surface area contributed by atoms with Gasteiger partial charge in [0.1, 0.15) is 42.0 Å². The van der Waals surface area contributed by atoms with Crippen LogP contribution in [0.4, 0.5) is 0 Å². The van der Waals surface area contributed by atoms with Gasteiger partial charge >= 0.3 is 5.97 Å². The van der Waals surface area contributed by atoms with Gasteiger partial charge in [-0.25, -0.2) is 4.79 Å². The molecular formula is C48H65N11O15S2. The number of carbonyl (C=O) groups excluding carboxylic acids is 10. The molecule has 1 fully saturated rings. The number of unbranched alkanes of at least 4 members (excludes halogenated alkanes) is 1. The summed E-state index contributed by atoms with van der Waals surface area (Å²) >= 11 is 0. The normalized spacial score (nSPS) is 20.6. The van der Waals surface area contributed by atoms with Gasteiger partial charge in [-0.2, -0.15) is 0 Å². The molecule has 10 amide bonds. The van der Waals surface area contributed by atoms with E-state index in [4.69, 9.17) is 12.2 Å². The van der Waals surface area contributed by atoms with Crippen LogP contribution in [0.1, 0.15) is 50.7 Å². The van der Waals surface area contributed by atoms with Crippen molar-refractivity contribution in [3.63, 3.8) is 0 Å². The molecule has 0 bridgehead atoms. The highest BCUT2D eigenvalue weighted by Gasteiger charge is 2.36. The van der Waals surface area contributed by atoms with E-state index in [0.717, 1.165) is 35.4 Å². The van der Waals surface area contributed by atoms with Crippen LogP contribution >= 0.6 is 21.6 Å². The quantitative estimate of drug-likeness (QED) is 0.0317. The Hall–Kier alpha value is -7.45. The molecule has 16 N–H and O–H groups in total. The van der Waals surface area contributed by atoms with Gasteiger partial charge in [0, 0.05) is 37.3 Å². The monoisotopic (exact) mass is 1100 g/mol. The van der Waals surface area contributed by atoms with Crippen molar-refractivity contribution in [1.29, 1.82) is 0 Å². The number of aromatic hydroxyl groups is 1. The third-order valence-corrected chi connectivity index (χ3v) is 13.5. The molecular weight excluding hydrogens is 1030 g/mol. The minimum Gasteiger partial charge on any atom is -0.508 e. The molecule has 26 nitrogen and oxygen atoms in total. The fraction of sp³-hybridized carbons (Fsp3) is 0.479. The van der Waals surface area contributed by atoms with E-state index >= 15 is 0 Å². The van der Waals surface area contributed by atoms with Gasteiger partial charge in [-0.3, -0.25) is 47.9 Å². The number of aliphatic carboxylic acids is 1. The van der Waals surface area contributed by atoms with Crippen molar-refractivity contribution in [1.82, 2.24) is 53.2 Å². The highest BCUT2D eigenvalue weighted by molar-refractivity contribution is 8.76. The van der Waals surface area contributed by atoms with Crippen molar-refractivity contribution in [3.8, 4) is 18.1 Å². The number of nitrogens with one attached hydrogen (secondary N) is 10. The molecule has 3 unspecified atom stereocenters. The zero-order valence-electron chi connectivity index (χ0n) is 41.6. The highest BCUT2D eigenvalue weighted by atomic mass is 33.1. The number of hydrogen-bond donors (Lipinski definition) is 15. The molecule has 0 aliphatic carbocycles. The van der Waals surface area contributed by atoms with Crippen molar-refractivity contribution >= 4 is 86.6 Å². The number of carboxylic acids is 1. The van der Waals surface area contributed by atoms with E-state index in [-0.39, 0.29) is 50.3 Å². The number of hydrogen-bond acceptors (Lipinski definition) is 17. The van der Waals surface area contributed by atoms with Crippen molar-refractivity contribution in [2.75, 3.05) is 37.7 Å². The number of benzene rings is 2. The molecule has 414 valence electrons. The maximum absolute atomic E-state index is 14.5. The number of amides is 10. The number of rotatable bonds is 21. The van der Waals surface area contributed by atoms with Crippen molar-refractivity contribution < 1.29 is 73.2 Å². The molecule has 0 spiro atoms. The van der Waals surface area contributed by atoms with Gasteiger partial charge in [-0.05, 0) is 68.8 Å². The van der Waals surface area contributed by atoms with Crippen LogP contribution in [-0.2, 0) is 65.6 Å². The Bertz CT molecular complexity index is 2390. The number of phenolic OH excluding ortho intramolecular Hbond substituents is 1. The lowest BCUT2D eigenvalue weighted by molar-refractivity contribution is -0.145. The summed E-state index contributed by atoms with van der Waals surface area (Å²) in [6, 6.07) is 2.84. The lowest BCUT2D eigenvalue weighted by atomic mass is 10.0. The van der Waals surface area contributed by atoms with E-state index in [1.54, 1.807) is 30.3 Å². The lowest BCUT2D eigenvalue weighted by Gasteiger charge is -2.28. The lowest BCUT2D eigenvalue weighted by Crippen LogP contribution is -2.61. The van der Waals surface area contributed by atoms with Crippen molar-refractivity contribution in [2.24, 2.45) is 5.73 Å². The van der Waals surface area contributed by atoms with E-state index in [9.17, 15) is 73.2 Å². The van der Waals surface area contributed by atoms with E-state index in [1.165, 1.54) is 24.3 Å². The number of terminal acetylenes is 1. The maximum atomic E-state index is 14.5. The first-order valence-electron chi connectivity index (χ1n) is 23.9. The third-order valence-electron chi connectivity index (χ3n) is 11.1. The molecule has 0 radical (unpaired) electrons. The van der Waals surface area contributed by atoms with Gasteiger partial charge in [-0.1, -0.05) is 64.1 Å². The summed E-state index contributed by atoms with van der Waals surface area (Å²) in [5, 5.41) is 64.8. The minimum atomic E-state index is -1.86. The first kappa shape index (κ1) is 62.8. The topological polar surface area (TPSA) is 415 Å². The Morgan fingerprint density at radius 1 is 0.789 bits per heavy atom. The van der Waals surface area contributed by atoms with Crippen LogP contribution in [0, 0.1) is 12.3 Å². The zero-order valence-corrected chi connectivity index (χ0v) is 43.3.